The van der Waals surface area contributed by atoms with Gasteiger partial charge in [0.05, 0.1) is 11.0 Å². The Balaban J connectivity index is 1.61. The van der Waals surface area contributed by atoms with Crippen molar-refractivity contribution in [2.45, 2.75) is 36.9 Å². The highest BCUT2D eigenvalue weighted by molar-refractivity contribution is 7.90. The number of aliphatic hydroxyl groups excluding tert-OH is 1. The van der Waals surface area contributed by atoms with Gasteiger partial charge >= 0.3 is 0 Å². The van der Waals surface area contributed by atoms with Crippen LogP contribution in [0.2, 0.25) is 0 Å². The van der Waals surface area contributed by atoms with Crippen LogP contribution in [0, 0.1) is 0 Å². The highest BCUT2D eigenvalue weighted by atomic mass is 32.2. The summed E-state index contributed by atoms with van der Waals surface area (Å²) in [5.74, 6) is 0.654. The first-order valence-corrected chi connectivity index (χ1v) is 11.4. The van der Waals surface area contributed by atoms with E-state index in [9.17, 15) is 13.5 Å². The van der Waals surface area contributed by atoms with Gasteiger partial charge in [-0.1, -0.05) is 30.3 Å². The van der Waals surface area contributed by atoms with Crippen LogP contribution in [0.15, 0.2) is 78.0 Å². The minimum atomic E-state index is -3.25. The average molecular weight is 412 g/mol. The monoisotopic (exact) mass is 411 g/mol. The summed E-state index contributed by atoms with van der Waals surface area (Å²) in [5, 5.41) is 10.4. The smallest absolute Gasteiger partial charge is 0.175 e. The van der Waals surface area contributed by atoms with Crippen LogP contribution in [0.25, 0.3) is 11.1 Å². The molecule has 0 bridgehead atoms. The molecule has 3 rings (SSSR count). The molecule has 6 heteroatoms. The molecule has 152 valence electrons. The molecule has 0 fully saturated rings. The quantitative estimate of drug-likeness (QED) is 0.608. The maximum Gasteiger partial charge on any atom is 0.175 e. The lowest BCUT2D eigenvalue weighted by atomic mass is 10.0. The average Bonchev–Trinajstić information content (AvgIpc) is 2.73. The third-order valence-electron chi connectivity index (χ3n) is 4.77. The van der Waals surface area contributed by atoms with Crippen LogP contribution in [0.3, 0.4) is 0 Å². The highest BCUT2D eigenvalue weighted by Crippen LogP contribution is 2.25. The van der Waals surface area contributed by atoms with Gasteiger partial charge in [0.1, 0.15) is 11.9 Å². The predicted molar refractivity (Wildman–Crippen MR) is 114 cm³/mol. The highest BCUT2D eigenvalue weighted by Gasteiger charge is 2.16. The van der Waals surface area contributed by atoms with Crippen molar-refractivity contribution in [3.05, 3.63) is 78.6 Å². The summed E-state index contributed by atoms with van der Waals surface area (Å²) in [5.41, 5.74) is 2.80. The second-order valence-corrected chi connectivity index (χ2v) is 9.13. The molecule has 1 heterocycles. The number of nitrogens with zero attached hydrogens (tertiary/aromatic N) is 1. The maximum absolute atomic E-state index is 11.8. The fraction of sp³-hybridized carbons (Fsp3) is 0.261. The molecule has 2 atom stereocenters. The predicted octanol–water partition coefficient (Wildman–Crippen LogP) is 3.91. The number of aliphatic hydroxyl groups is 1. The van der Waals surface area contributed by atoms with Crippen molar-refractivity contribution in [2.75, 3.05) is 6.26 Å². The lowest BCUT2D eigenvalue weighted by Crippen LogP contribution is -2.29. The van der Waals surface area contributed by atoms with E-state index in [1.807, 2.05) is 49.4 Å². The van der Waals surface area contributed by atoms with E-state index in [0.717, 1.165) is 23.1 Å². The largest absolute Gasteiger partial charge is 0.488 e. The Bertz CT molecular complexity index is 1030. The van der Waals surface area contributed by atoms with Gasteiger partial charge in [0.15, 0.2) is 9.84 Å². The summed E-state index contributed by atoms with van der Waals surface area (Å²) in [6, 6.07) is 18.1. The number of rotatable bonds is 8. The summed E-state index contributed by atoms with van der Waals surface area (Å²) in [4.78, 5) is 4.37. The van der Waals surface area contributed by atoms with Crippen molar-refractivity contribution < 1.29 is 18.3 Å². The summed E-state index contributed by atoms with van der Waals surface area (Å²) < 4.78 is 29.4. The van der Waals surface area contributed by atoms with Gasteiger partial charge in [-0.2, -0.15) is 0 Å². The molecule has 0 unspecified atom stereocenters. The number of aryl methyl sites for hydroxylation is 1. The van der Waals surface area contributed by atoms with Crippen LogP contribution in [0.4, 0.5) is 0 Å². The van der Waals surface area contributed by atoms with Crippen molar-refractivity contribution in [1.82, 2.24) is 4.98 Å². The van der Waals surface area contributed by atoms with Gasteiger partial charge in [0.2, 0.25) is 0 Å². The summed E-state index contributed by atoms with van der Waals surface area (Å²) in [7, 11) is -3.25. The van der Waals surface area contributed by atoms with E-state index in [-0.39, 0.29) is 6.10 Å². The zero-order valence-electron chi connectivity index (χ0n) is 16.5. The third kappa shape index (κ3) is 5.89. The Hall–Kier alpha value is -2.70. The molecule has 0 aliphatic rings. The Morgan fingerprint density at radius 3 is 2.45 bits per heavy atom. The molecule has 0 amide bonds. The number of hydrogen-bond acceptors (Lipinski definition) is 5. The van der Waals surface area contributed by atoms with Gasteiger partial charge in [-0.05, 0) is 66.8 Å². The first-order chi connectivity index (χ1) is 13.8. The number of ether oxygens (including phenoxy) is 1. The molecular formula is C23H25NO4S. The number of sulfone groups is 1. The molecule has 0 saturated carbocycles. The van der Waals surface area contributed by atoms with E-state index in [0.29, 0.717) is 17.1 Å². The molecule has 0 radical (unpaired) electrons. The molecule has 29 heavy (non-hydrogen) atoms. The zero-order valence-corrected chi connectivity index (χ0v) is 17.3. The van der Waals surface area contributed by atoms with Crippen LogP contribution >= 0.6 is 0 Å². The van der Waals surface area contributed by atoms with Crippen LogP contribution in [0.1, 0.15) is 18.9 Å². The molecule has 0 spiro atoms. The normalized spacial score (nSPS) is 13.6. The lowest BCUT2D eigenvalue weighted by Gasteiger charge is -2.20. The summed E-state index contributed by atoms with van der Waals surface area (Å²) in [6.07, 6.45) is 5.10. The van der Waals surface area contributed by atoms with Crippen molar-refractivity contribution in [3.63, 3.8) is 0 Å². The zero-order chi connectivity index (χ0) is 20.9. The minimum Gasteiger partial charge on any atom is -0.488 e. The molecule has 0 aliphatic heterocycles. The van der Waals surface area contributed by atoms with Crippen LogP contribution < -0.4 is 4.74 Å². The summed E-state index contributed by atoms with van der Waals surface area (Å²) >= 11 is 0. The van der Waals surface area contributed by atoms with Crippen LogP contribution in [0.5, 0.6) is 5.75 Å². The topological polar surface area (TPSA) is 76.5 Å². The number of hydrogen-bond donors (Lipinski definition) is 1. The Morgan fingerprint density at radius 1 is 1.03 bits per heavy atom. The number of pyridine rings is 1. The molecule has 5 nitrogen and oxygen atoms in total. The summed E-state index contributed by atoms with van der Waals surface area (Å²) in [6.45, 7) is 1.84. The van der Waals surface area contributed by atoms with E-state index in [4.69, 9.17) is 4.74 Å². The van der Waals surface area contributed by atoms with Crippen molar-refractivity contribution in [1.29, 1.82) is 0 Å². The van der Waals surface area contributed by atoms with E-state index >= 15 is 0 Å². The number of benzene rings is 2. The minimum absolute atomic E-state index is 0.292. The van der Waals surface area contributed by atoms with E-state index in [1.165, 1.54) is 6.26 Å². The molecule has 1 N–H and O–H groups in total. The van der Waals surface area contributed by atoms with Gasteiger partial charge in [-0.25, -0.2) is 8.42 Å². The molecule has 2 aromatic carbocycles. The standard InChI is InChI=1S/C23H25NO4S/c1-17(23(25)13-8-18-5-4-14-24-16-18)28-21-11-9-19(10-12-21)20-6-3-7-22(15-20)29(2,26)27/h3-7,9-12,14-17,23,25H,8,13H2,1-2H3/t17-,23+/m0/s1. The lowest BCUT2D eigenvalue weighted by molar-refractivity contribution is 0.0420. The van der Waals surface area contributed by atoms with E-state index in [1.54, 1.807) is 30.6 Å². The van der Waals surface area contributed by atoms with Gasteiger partial charge in [-0.15, -0.1) is 0 Å². The molecule has 0 saturated heterocycles. The fourth-order valence-corrected chi connectivity index (χ4v) is 3.69. The first-order valence-electron chi connectivity index (χ1n) is 9.47. The second kappa shape index (κ2) is 9.20. The van der Waals surface area contributed by atoms with E-state index in [2.05, 4.69) is 4.98 Å². The Labute approximate surface area is 171 Å². The maximum atomic E-state index is 11.8. The molecule has 0 aliphatic carbocycles. The van der Waals surface area contributed by atoms with Crippen molar-refractivity contribution in [2.24, 2.45) is 0 Å². The number of aromatic nitrogens is 1. The van der Waals surface area contributed by atoms with Crippen LogP contribution in [-0.2, 0) is 16.3 Å². The Kier molecular flexibility index (Phi) is 6.67. The van der Waals surface area contributed by atoms with Crippen LogP contribution in [-0.4, -0.2) is 37.0 Å². The van der Waals surface area contributed by atoms with E-state index < -0.39 is 15.9 Å². The molecular weight excluding hydrogens is 386 g/mol. The van der Waals surface area contributed by atoms with Crippen molar-refractivity contribution >= 4 is 9.84 Å². The SMILES string of the molecule is C[C@H](Oc1ccc(-c2cccc(S(C)(=O)=O)c2)cc1)[C@H](O)CCc1cccnc1. The molecule has 1 aromatic heterocycles. The van der Waals surface area contributed by atoms with Gasteiger partial charge in [0, 0.05) is 18.6 Å². The van der Waals surface area contributed by atoms with Gasteiger partial charge < -0.3 is 9.84 Å². The third-order valence-corrected chi connectivity index (χ3v) is 5.88. The molecule has 3 aromatic rings. The first kappa shape index (κ1) is 21.0. The second-order valence-electron chi connectivity index (χ2n) is 7.11. The fourth-order valence-electron chi connectivity index (χ4n) is 3.02. The van der Waals surface area contributed by atoms with Crippen molar-refractivity contribution in [3.8, 4) is 16.9 Å². The van der Waals surface area contributed by atoms with Gasteiger partial charge in [-0.3, -0.25) is 4.98 Å². The Morgan fingerprint density at radius 2 is 1.79 bits per heavy atom. The van der Waals surface area contributed by atoms with Gasteiger partial charge in [0.25, 0.3) is 0 Å².